The van der Waals surface area contributed by atoms with Gasteiger partial charge in [0.15, 0.2) is 0 Å². The zero-order valence-electron chi connectivity index (χ0n) is 13.3. The predicted molar refractivity (Wildman–Crippen MR) is 93.7 cm³/mol. The number of hydrogen-bond acceptors (Lipinski definition) is 3. The minimum atomic E-state index is 0. The molecule has 2 aromatic carbocycles. The first-order valence-corrected chi connectivity index (χ1v) is 7.91. The Labute approximate surface area is 143 Å². The fourth-order valence-corrected chi connectivity index (χ4v) is 3.82. The molecule has 4 rings (SSSR count). The smallest absolute Gasteiger partial charge is 0.126 e. The molecule has 0 saturated carbocycles. The van der Waals surface area contributed by atoms with Crippen molar-refractivity contribution in [2.75, 3.05) is 26.8 Å². The summed E-state index contributed by atoms with van der Waals surface area (Å²) in [6.45, 7) is 4.00. The zero-order chi connectivity index (χ0) is 14.9. The number of likely N-dealkylation sites (tertiary alicyclic amines) is 1. The Morgan fingerprint density at radius 1 is 1.09 bits per heavy atom. The molecule has 2 heterocycles. The van der Waals surface area contributed by atoms with Crippen LogP contribution in [-0.2, 0) is 6.54 Å². The Bertz CT molecular complexity index is 647. The largest absolute Gasteiger partial charge is 0.496 e. The van der Waals surface area contributed by atoms with Crippen molar-refractivity contribution in [2.24, 2.45) is 5.92 Å². The molecule has 3 nitrogen and oxygen atoms in total. The van der Waals surface area contributed by atoms with Crippen LogP contribution in [0.1, 0.15) is 17.0 Å². The number of fused-ring (bicyclic) bond motifs is 3. The maximum atomic E-state index is 5.97. The van der Waals surface area contributed by atoms with Crippen LogP contribution in [0.4, 0.5) is 0 Å². The van der Waals surface area contributed by atoms with E-state index in [0.29, 0.717) is 11.8 Å². The summed E-state index contributed by atoms with van der Waals surface area (Å²) < 4.78 is 11.5. The van der Waals surface area contributed by atoms with Gasteiger partial charge in [0, 0.05) is 37.0 Å². The normalized spacial score (nSPS) is 22.5. The van der Waals surface area contributed by atoms with Gasteiger partial charge in [0.1, 0.15) is 11.5 Å². The maximum Gasteiger partial charge on any atom is 0.126 e. The molecule has 0 bridgehead atoms. The number of halogens is 1. The molecule has 0 amide bonds. The topological polar surface area (TPSA) is 21.7 Å². The molecule has 0 radical (unpaired) electrons. The highest BCUT2D eigenvalue weighted by Gasteiger charge is 2.40. The SMILES string of the molecule is COc1cccc2c1[C@H]1CN(Cc3ccccc3)C[C@H]1CO2.Cl. The molecule has 1 fully saturated rings. The number of hydrogen-bond donors (Lipinski definition) is 0. The van der Waals surface area contributed by atoms with Gasteiger partial charge in [-0.15, -0.1) is 12.4 Å². The zero-order valence-corrected chi connectivity index (χ0v) is 14.1. The number of rotatable bonds is 3. The van der Waals surface area contributed by atoms with Gasteiger partial charge >= 0.3 is 0 Å². The van der Waals surface area contributed by atoms with Crippen LogP contribution >= 0.6 is 12.4 Å². The summed E-state index contributed by atoms with van der Waals surface area (Å²) in [6.07, 6.45) is 0. The molecule has 0 unspecified atom stereocenters. The van der Waals surface area contributed by atoms with Crippen molar-refractivity contribution in [3.8, 4) is 11.5 Å². The lowest BCUT2D eigenvalue weighted by Gasteiger charge is -2.29. The average Bonchev–Trinajstić information content (AvgIpc) is 2.97. The molecule has 2 aliphatic heterocycles. The molecule has 1 saturated heterocycles. The van der Waals surface area contributed by atoms with E-state index in [9.17, 15) is 0 Å². The molecule has 0 aromatic heterocycles. The molecular weight excluding hydrogens is 310 g/mol. The minimum absolute atomic E-state index is 0. The molecule has 2 aromatic rings. The van der Waals surface area contributed by atoms with Crippen LogP contribution in [-0.4, -0.2) is 31.7 Å². The first-order chi connectivity index (χ1) is 10.8. The maximum absolute atomic E-state index is 5.97. The van der Waals surface area contributed by atoms with E-state index in [4.69, 9.17) is 9.47 Å². The van der Waals surface area contributed by atoms with Gasteiger partial charge in [-0.05, 0) is 17.7 Å². The van der Waals surface area contributed by atoms with Gasteiger partial charge in [-0.1, -0.05) is 36.4 Å². The van der Waals surface area contributed by atoms with Crippen molar-refractivity contribution >= 4 is 12.4 Å². The van der Waals surface area contributed by atoms with Gasteiger partial charge in [-0.3, -0.25) is 4.90 Å². The van der Waals surface area contributed by atoms with E-state index < -0.39 is 0 Å². The highest BCUT2D eigenvalue weighted by atomic mass is 35.5. The minimum Gasteiger partial charge on any atom is -0.496 e. The van der Waals surface area contributed by atoms with Gasteiger partial charge in [-0.2, -0.15) is 0 Å². The number of ether oxygens (including phenoxy) is 2. The summed E-state index contributed by atoms with van der Waals surface area (Å²) in [4.78, 5) is 2.54. The Hall–Kier alpha value is -1.71. The summed E-state index contributed by atoms with van der Waals surface area (Å²) in [5.74, 6) is 3.05. The quantitative estimate of drug-likeness (QED) is 0.855. The molecule has 4 heteroatoms. The van der Waals surface area contributed by atoms with Crippen LogP contribution in [0.2, 0.25) is 0 Å². The summed E-state index contributed by atoms with van der Waals surface area (Å²) in [5.41, 5.74) is 2.64. The summed E-state index contributed by atoms with van der Waals surface area (Å²) in [7, 11) is 1.75. The van der Waals surface area contributed by atoms with E-state index >= 15 is 0 Å². The summed E-state index contributed by atoms with van der Waals surface area (Å²) in [5, 5.41) is 0. The van der Waals surface area contributed by atoms with Crippen LogP contribution in [0.3, 0.4) is 0 Å². The van der Waals surface area contributed by atoms with E-state index in [1.54, 1.807) is 7.11 Å². The van der Waals surface area contributed by atoms with Crippen LogP contribution in [0.25, 0.3) is 0 Å². The van der Waals surface area contributed by atoms with Crippen molar-refractivity contribution in [2.45, 2.75) is 12.5 Å². The van der Waals surface area contributed by atoms with Crippen molar-refractivity contribution < 1.29 is 9.47 Å². The van der Waals surface area contributed by atoms with E-state index in [1.165, 1.54) is 11.1 Å². The van der Waals surface area contributed by atoms with Crippen LogP contribution in [0.15, 0.2) is 48.5 Å². The second kappa shape index (κ2) is 6.81. The van der Waals surface area contributed by atoms with Gasteiger partial charge in [0.05, 0.1) is 13.7 Å². The first-order valence-electron chi connectivity index (χ1n) is 7.91. The molecule has 2 aliphatic rings. The lowest BCUT2D eigenvalue weighted by Crippen LogP contribution is -2.25. The lowest BCUT2D eigenvalue weighted by molar-refractivity contribution is 0.208. The van der Waals surface area contributed by atoms with Gasteiger partial charge in [0.25, 0.3) is 0 Å². The third kappa shape index (κ3) is 3.04. The monoisotopic (exact) mass is 331 g/mol. The third-order valence-corrected chi connectivity index (χ3v) is 4.84. The van der Waals surface area contributed by atoms with E-state index in [2.05, 4.69) is 41.3 Å². The van der Waals surface area contributed by atoms with Crippen LogP contribution in [0, 0.1) is 5.92 Å². The Kier molecular flexibility index (Phi) is 4.79. The van der Waals surface area contributed by atoms with E-state index in [0.717, 1.165) is 37.7 Å². The van der Waals surface area contributed by atoms with Crippen LogP contribution < -0.4 is 9.47 Å². The number of benzene rings is 2. The molecule has 0 aliphatic carbocycles. The number of methoxy groups -OCH3 is 1. The van der Waals surface area contributed by atoms with Crippen molar-refractivity contribution in [3.05, 3.63) is 59.7 Å². The van der Waals surface area contributed by atoms with E-state index in [1.807, 2.05) is 12.1 Å². The predicted octanol–water partition coefficient (Wildman–Crippen LogP) is 3.73. The molecule has 23 heavy (non-hydrogen) atoms. The average molecular weight is 332 g/mol. The van der Waals surface area contributed by atoms with Gasteiger partial charge in [-0.25, -0.2) is 0 Å². The molecular formula is C19H22ClNO2. The summed E-state index contributed by atoms with van der Waals surface area (Å²) in [6, 6.07) is 16.8. The highest BCUT2D eigenvalue weighted by molar-refractivity contribution is 5.85. The fraction of sp³-hybridized carbons (Fsp3) is 0.368. The number of nitrogens with zero attached hydrogens (tertiary/aromatic N) is 1. The van der Waals surface area contributed by atoms with E-state index in [-0.39, 0.29) is 12.4 Å². The van der Waals surface area contributed by atoms with Crippen molar-refractivity contribution in [3.63, 3.8) is 0 Å². The molecule has 2 atom stereocenters. The Morgan fingerprint density at radius 2 is 1.91 bits per heavy atom. The standard InChI is InChI=1S/C19H21NO2.ClH/c1-21-17-8-5-9-18-19(17)16-12-20(11-15(16)13-22-18)10-14-6-3-2-4-7-14;/h2-9,15-16H,10-13H2,1H3;1H/t15-,16-;/m0./s1. The second-order valence-corrected chi connectivity index (χ2v) is 6.23. The lowest BCUT2D eigenvalue weighted by atomic mass is 9.86. The molecule has 0 N–H and O–H groups in total. The fourth-order valence-electron chi connectivity index (χ4n) is 3.82. The first kappa shape index (κ1) is 16.2. The summed E-state index contributed by atoms with van der Waals surface area (Å²) >= 11 is 0. The van der Waals surface area contributed by atoms with Crippen LogP contribution in [0.5, 0.6) is 11.5 Å². The Balaban J connectivity index is 0.00000156. The molecule has 122 valence electrons. The van der Waals surface area contributed by atoms with Crippen molar-refractivity contribution in [1.82, 2.24) is 4.90 Å². The Morgan fingerprint density at radius 3 is 2.70 bits per heavy atom. The second-order valence-electron chi connectivity index (χ2n) is 6.23. The van der Waals surface area contributed by atoms with Gasteiger partial charge in [0.2, 0.25) is 0 Å². The highest BCUT2D eigenvalue weighted by Crippen LogP contribution is 2.46. The molecule has 0 spiro atoms. The van der Waals surface area contributed by atoms with Crippen molar-refractivity contribution in [1.29, 1.82) is 0 Å². The third-order valence-electron chi connectivity index (χ3n) is 4.84. The van der Waals surface area contributed by atoms with Gasteiger partial charge < -0.3 is 9.47 Å².